The van der Waals surface area contributed by atoms with E-state index in [2.05, 4.69) is 4.90 Å². The molecule has 1 N–H and O–H groups in total. The molecule has 0 spiro atoms. The van der Waals surface area contributed by atoms with Gasteiger partial charge in [-0.25, -0.2) is 9.59 Å². The first-order chi connectivity index (χ1) is 12.2. The van der Waals surface area contributed by atoms with Crippen LogP contribution in [0.15, 0.2) is 11.6 Å². The van der Waals surface area contributed by atoms with E-state index in [4.69, 9.17) is 9.47 Å². The predicted molar refractivity (Wildman–Crippen MR) is 98.4 cm³/mol. The number of hydrogen-bond acceptors (Lipinski definition) is 6. The van der Waals surface area contributed by atoms with E-state index < -0.39 is 29.6 Å². The van der Waals surface area contributed by atoms with Crippen LogP contribution in [0.2, 0.25) is 0 Å². The van der Waals surface area contributed by atoms with Crippen LogP contribution in [0, 0.1) is 11.8 Å². The topological polar surface area (TPSA) is 76.1 Å². The zero-order chi connectivity index (χ0) is 19.5. The maximum Gasteiger partial charge on any atom is 0.342 e. The van der Waals surface area contributed by atoms with E-state index in [0.717, 1.165) is 25.9 Å². The fraction of sp³-hybridized carbons (Fsp3) is 0.800. The summed E-state index contributed by atoms with van der Waals surface area (Å²) in [4.78, 5) is 27.2. The number of aliphatic hydroxyl groups is 1. The van der Waals surface area contributed by atoms with Gasteiger partial charge in [0.25, 0.3) is 0 Å². The molecule has 0 saturated carbocycles. The highest BCUT2D eigenvalue weighted by molar-refractivity contribution is 5.88. The van der Waals surface area contributed by atoms with Gasteiger partial charge in [0.15, 0.2) is 0 Å². The minimum absolute atomic E-state index is 0.309. The molecule has 0 radical (unpaired) electrons. The quantitative estimate of drug-likeness (QED) is 0.550. The molecule has 4 unspecified atom stereocenters. The van der Waals surface area contributed by atoms with Gasteiger partial charge in [0.05, 0.1) is 6.61 Å². The van der Waals surface area contributed by atoms with Gasteiger partial charge in [0.1, 0.15) is 6.10 Å². The smallest absolute Gasteiger partial charge is 0.342 e. The molecule has 6 heteroatoms. The molecule has 0 amide bonds. The van der Waals surface area contributed by atoms with Crippen molar-refractivity contribution in [2.24, 2.45) is 11.8 Å². The Morgan fingerprint density at radius 3 is 2.58 bits per heavy atom. The lowest BCUT2D eigenvalue weighted by Crippen LogP contribution is -2.55. The summed E-state index contributed by atoms with van der Waals surface area (Å²) >= 11 is 0. The molecule has 2 rings (SSSR count). The Labute approximate surface area is 156 Å². The predicted octanol–water partition coefficient (Wildman–Crippen LogP) is 2.30. The molecule has 2 aliphatic rings. The minimum Gasteiger partial charge on any atom is -0.463 e. The summed E-state index contributed by atoms with van der Waals surface area (Å²) in [5.41, 5.74) is -1.43. The van der Waals surface area contributed by atoms with Gasteiger partial charge >= 0.3 is 11.9 Å². The van der Waals surface area contributed by atoms with E-state index in [1.165, 1.54) is 13.3 Å². The molecule has 4 atom stereocenters. The third kappa shape index (κ3) is 4.12. The van der Waals surface area contributed by atoms with Crippen LogP contribution in [-0.4, -0.2) is 59.4 Å². The van der Waals surface area contributed by atoms with Gasteiger partial charge in [-0.05, 0) is 59.0 Å². The van der Waals surface area contributed by atoms with Gasteiger partial charge in [0.2, 0.25) is 5.60 Å². The third-order valence-corrected chi connectivity index (χ3v) is 6.04. The maximum atomic E-state index is 12.7. The van der Waals surface area contributed by atoms with Gasteiger partial charge in [0, 0.05) is 17.5 Å². The van der Waals surface area contributed by atoms with Crippen LogP contribution in [0.4, 0.5) is 0 Å². The molecule has 6 nitrogen and oxygen atoms in total. The zero-order valence-corrected chi connectivity index (χ0v) is 16.7. The van der Waals surface area contributed by atoms with Gasteiger partial charge in [-0.15, -0.1) is 0 Å². The molecule has 2 heterocycles. The monoisotopic (exact) mass is 367 g/mol. The Morgan fingerprint density at radius 1 is 1.27 bits per heavy atom. The normalized spacial score (nSPS) is 27.1. The van der Waals surface area contributed by atoms with Crippen LogP contribution in [0.3, 0.4) is 0 Å². The number of carbonyl (C=O) groups excluding carboxylic acids is 2. The van der Waals surface area contributed by atoms with Crippen LogP contribution < -0.4 is 0 Å². The molecule has 2 saturated heterocycles. The van der Waals surface area contributed by atoms with Crippen LogP contribution in [0.1, 0.15) is 53.9 Å². The first-order valence-corrected chi connectivity index (χ1v) is 9.69. The van der Waals surface area contributed by atoms with E-state index in [0.29, 0.717) is 24.1 Å². The van der Waals surface area contributed by atoms with Crippen molar-refractivity contribution in [1.82, 2.24) is 4.90 Å². The lowest BCUT2D eigenvalue weighted by atomic mass is 9.85. The second kappa shape index (κ2) is 8.53. The highest BCUT2D eigenvalue weighted by Gasteiger charge is 2.49. The fourth-order valence-corrected chi connectivity index (χ4v) is 4.01. The number of carbonyl (C=O) groups is 2. The van der Waals surface area contributed by atoms with Gasteiger partial charge in [-0.1, -0.05) is 19.9 Å². The number of hydrogen-bond donors (Lipinski definition) is 1. The summed E-state index contributed by atoms with van der Waals surface area (Å²) in [6, 6.07) is 0.488. The lowest BCUT2D eigenvalue weighted by molar-refractivity contribution is -0.193. The van der Waals surface area contributed by atoms with Crippen LogP contribution in [0.25, 0.3) is 0 Å². The number of nitrogens with zero attached hydrogens (tertiary/aromatic N) is 1. The van der Waals surface area contributed by atoms with Crippen molar-refractivity contribution in [2.75, 3.05) is 19.7 Å². The summed E-state index contributed by atoms with van der Waals surface area (Å²) in [5.74, 6) is -1.37. The van der Waals surface area contributed by atoms with E-state index in [1.54, 1.807) is 33.8 Å². The number of fused-ring (bicyclic) bond motifs is 1. The minimum atomic E-state index is -1.86. The van der Waals surface area contributed by atoms with Crippen molar-refractivity contribution in [1.29, 1.82) is 0 Å². The largest absolute Gasteiger partial charge is 0.463 e. The molecule has 0 bridgehead atoms. The summed E-state index contributed by atoms with van der Waals surface area (Å²) in [6.07, 6.45) is 4.00. The SMILES string of the molecule is CC=C(C)C(=O)OC(C)C(O)(C(=O)OCC1CCN2CCCC12)C(C)C. The van der Waals surface area contributed by atoms with Crippen LogP contribution in [-0.2, 0) is 19.1 Å². The maximum absolute atomic E-state index is 12.7. The summed E-state index contributed by atoms with van der Waals surface area (Å²) in [5, 5.41) is 11.0. The van der Waals surface area contributed by atoms with Crippen molar-refractivity contribution >= 4 is 11.9 Å². The van der Waals surface area contributed by atoms with E-state index in [-0.39, 0.29) is 0 Å². The number of ether oxygens (including phenoxy) is 2. The molecular formula is C20H33NO5. The molecule has 26 heavy (non-hydrogen) atoms. The Hall–Kier alpha value is -1.40. The van der Waals surface area contributed by atoms with Crippen molar-refractivity contribution in [3.8, 4) is 0 Å². The number of esters is 2. The van der Waals surface area contributed by atoms with Crippen molar-refractivity contribution in [3.05, 3.63) is 11.6 Å². The molecule has 2 fully saturated rings. The van der Waals surface area contributed by atoms with Gasteiger partial charge in [-0.3, -0.25) is 4.90 Å². The van der Waals surface area contributed by atoms with Crippen molar-refractivity contribution < 1.29 is 24.2 Å². The average molecular weight is 367 g/mol. The lowest BCUT2D eigenvalue weighted by Gasteiger charge is -2.35. The molecule has 148 valence electrons. The Bertz CT molecular complexity index is 558. The first kappa shape index (κ1) is 20.9. The van der Waals surface area contributed by atoms with Crippen molar-refractivity contribution in [3.63, 3.8) is 0 Å². The molecule has 2 aliphatic heterocycles. The van der Waals surface area contributed by atoms with E-state index in [9.17, 15) is 14.7 Å². The van der Waals surface area contributed by atoms with Crippen molar-refractivity contribution in [2.45, 2.75) is 71.6 Å². The molecule has 0 aromatic rings. The van der Waals surface area contributed by atoms with Crippen LogP contribution in [0.5, 0.6) is 0 Å². The zero-order valence-electron chi connectivity index (χ0n) is 16.7. The van der Waals surface area contributed by atoms with Gasteiger partial charge < -0.3 is 14.6 Å². The Kier molecular flexibility index (Phi) is 6.86. The number of allylic oxidation sites excluding steroid dienone is 1. The molecular weight excluding hydrogens is 334 g/mol. The molecule has 0 aliphatic carbocycles. The van der Waals surface area contributed by atoms with E-state index >= 15 is 0 Å². The summed E-state index contributed by atoms with van der Waals surface area (Å²) in [6.45, 7) is 10.8. The van der Waals surface area contributed by atoms with E-state index in [1.807, 2.05) is 0 Å². The Morgan fingerprint density at radius 2 is 1.96 bits per heavy atom. The summed E-state index contributed by atoms with van der Waals surface area (Å²) in [7, 11) is 0. The second-order valence-corrected chi connectivity index (χ2v) is 7.89. The third-order valence-electron chi connectivity index (χ3n) is 6.04. The van der Waals surface area contributed by atoms with Crippen LogP contribution >= 0.6 is 0 Å². The molecule has 0 aromatic carbocycles. The van der Waals surface area contributed by atoms with Gasteiger partial charge in [-0.2, -0.15) is 0 Å². The first-order valence-electron chi connectivity index (χ1n) is 9.69. The summed E-state index contributed by atoms with van der Waals surface area (Å²) < 4.78 is 10.9. The second-order valence-electron chi connectivity index (χ2n) is 7.89. The highest BCUT2D eigenvalue weighted by atomic mass is 16.6. The average Bonchev–Trinajstić information content (AvgIpc) is 3.21. The fourth-order valence-electron chi connectivity index (χ4n) is 4.01. The Balaban J connectivity index is 2.00. The number of rotatable bonds is 7. The molecule has 0 aromatic heterocycles. The highest BCUT2D eigenvalue weighted by Crippen LogP contribution is 2.33. The standard InChI is InChI=1S/C20H33NO5/c1-6-14(4)18(22)26-15(5)20(24,13(2)3)19(23)25-12-16-9-11-21-10-7-8-17(16)21/h6,13,15-17,24H,7-12H2,1-5H3.